The highest BCUT2D eigenvalue weighted by molar-refractivity contribution is 7.09. The molecule has 16 heavy (non-hydrogen) atoms. The van der Waals surface area contributed by atoms with Crippen molar-refractivity contribution in [3.63, 3.8) is 0 Å². The molecule has 1 N–H and O–H groups in total. The number of aliphatic hydroxyl groups excluding tert-OH is 1. The standard InChI is InChI=1S/C11H17NO3S/c1-7(10(14)15-11(2,3)4)8(13)9-12-5-6-16-9/h5-8,13H,1-4H3. The lowest BCUT2D eigenvalue weighted by Gasteiger charge is -2.23. The Labute approximate surface area is 99.3 Å². The molecule has 0 amide bonds. The summed E-state index contributed by atoms with van der Waals surface area (Å²) in [6.45, 7) is 7.04. The zero-order valence-corrected chi connectivity index (χ0v) is 10.7. The van der Waals surface area contributed by atoms with Gasteiger partial charge in [-0.1, -0.05) is 0 Å². The van der Waals surface area contributed by atoms with Gasteiger partial charge in [0.2, 0.25) is 0 Å². The van der Waals surface area contributed by atoms with E-state index in [4.69, 9.17) is 4.74 Å². The Balaban J connectivity index is 2.64. The fourth-order valence-electron chi connectivity index (χ4n) is 1.12. The average Bonchev–Trinajstić information content (AvgIpc) is 2.65. The zero-order chi connectivity index (χ0) is 12.3. The van der Waals surface area contributed by atoms with Crippen LogP contribution in [-0.4, -0.2) is 21.7 Å². The first-order valence-corrected chi connectivity index (χ1v) is 5.99. The van der Waals surface area contributed by atoms with E-state index in [-0.39, 0.29) is 0 Å². The van der Waals surface area contributed by atoms with Crippen molar-refractivity contribution in [2.24, 2.45) is 5.92 Å². The average molecular weight is 243 g/mol. The van der Waals surface area contributed by atoms with Crippen LogP contribution in [-0.2, 0) is 9.53 Å². The maximum Gasteiger partial charge on any atom is 0.312 e. The normalized spacial score (nSPS) is 15.6. The summed E-state index contributed by atoms with van der Waals surface area (Å²) in [5.74, 6) is -1.01. The van der Waals surface area contributed by atoms with E-state index in [1.807, 2.05) is 0 Å². The van der Waals surface area contributed by atoms with E-state index in [2.05, 4.69) is 4.98 Å². The van der Waals surface area contributed by atoms with Crippen molar-refractivity contribution >= 4 is 17.3 Å². The second-order valence-electron chi connectivity index (χ2n) is 4.64. The molecule has 1 aromatic heterocycles. The fourth-order valence-corrected chi connectivity index (χ4v) is 1.84. The van der Waals surface area contributed by atoms with Gasteiger partial charge in [-0.3, -0.25) is 4.79 Å². The number of nitrogens with zero attached hydrogens (tertiary/aromatic N) is 1. The maximum absolute atomic E-state index is 11.7. The fraction of sp³-hybridized carbons (Fsp3) is 0.636. The van der Waals surface area contributed by atoms with E-state index in [1.54, 1.807) is 39.3 Å². The van der Waals surface area contributed by atoms with E-state index < -0.39 is 23.6 Å². The molecule has 4 nitrogen and oxygen atoms in total. The third-order valence-corrected chi connectivity index (χ3v) is 2.80. The lowest BCUT2D eigenvalue weighted by Crippen LogP contribution is -2.30. The molecule has 90 valence electrons. The molecule has 0 spiro atoms. The Kier molecular flexibility index (Phi) is 4.04. The number of hydrogen-bond acceptors (Lipinski definition) is 5. The Morgan fingerprint density at radius 3 is 2.62 bits per heavy atom. The predicted molar refractivity (Wildman–Crippen MR) is 62.1 cm³/mol. The number of ether oxygens (including phenoxy) is 1. The van der Waals surface area contributed by atoms with Crippen molar-refractivity contribution in [1.82, 2.24) is 4.98 Å². The second kappa shape index (κ2) is 4.93. The van der Waals surface area contributed by atoms with Crippen molar-refractivity contribution in [3.05, 3.63) is 16.6 Å². The third-order valence-electron chi connectivity index (χ3n) is 1.96. The Morgan fingerprint density at radius 1 is 1.56 bits per heavy atom. The van der Waals surface area contributed by atoms with Crippen molar-refractivity contribution in [3.8, 4) is 0 Å². The van der Waals surface area contributed by atoms with Crippen LogP contribution in [0.5, 0.6) is 0 Å². The van der Waals surface area contributed by atoms with E-state index in [9.17, 15) is 9.90 Å². The SMILES string of the molecule is CC(C(=O)OC(C)(C)C)C(O)c1nccs1. The molecular weight excluding hydrogens is 226 g/mol. The number of aromatic nitrogens is 1. The first-order valence-electron chi connectivity index (χ1n) is 5.11. The molecule has 0 aliphatic heterocycles. The number of carbonyl (C=O) groups excluding carboxylic acids is 1. The van der Waals surface area contributed by atoms with E-state index >= 15 is 0 Å². The van der Waals surface area contributed by atoms with Gasteiger partial charge in [-0.2, -0.15) is 0 Å². The minimum Gasteiger partial charge on any atom is -0.460 e. The maximum atomic E-state index is 11.7. The topological polar surface area (TPSA) is 59.4 Å². The highest BCUT2D eigenvalue weighted by atomic mass is 32.1. The van der Waals surface area contributed by atoms with Crippen LogP contribution in [0.15, 0.2) is 11.6 Å². The molecule has 5 heteroatoms. The van der Waals surface area contributed by atoms with E-state index in [0.717, 1.165) is 0 Å². The van der Waals surface area contributed by atoms with Gasteiger partial charge in [-0.15, -0.1) is 11.3 Å². The Bertz CT molecular complexity index is 343. The lowest BCUT2D eigenvalue weighted by molar-refractivity contribution is -0.163. The summed E-state index contributed by atoms with van der Waals surface area (Å²) in [5.41, 5.74) is -0.534. The van der Waals surface area contributed by atoms with Gasteiger partial charge < -0.3 is 9.84 Å². The summed E-state index contributed by atoms with van der Waals surface area (Å²) in [7, 11) is 0. The summed E-state index contributed by atoms with van der Waals surface area (Å²) >= 11 is 1.33. The molecule has 0 saturated carbocycles. The van der Waals surface area contributed by atoms with Crippen molar-refractivity contribution < 1.29 is 14.6 Å². The molecule has 2 atom stereocenters. The predicted octanol–water partition coefficient (Wildman–Crippen LogP) is 2.15. The molecule has 0 radical (unpaired) electrons. The first kappa shape index (κ1) is 13.1. The van der Waals surface area contributed by atoms with Crippen LogP contribution in [0.4, 0.5) is 0 Å². The highest BCUT2D eigenvalue weighted by Gasteiger charge is 2.29. The molecule has 0 aliphatic rings. The summed E-state index contributed by atoms with van der Waals surface area (Å²) in [6.07, 6.45) is 0.709. The Morgan fingerprint density at radius 2 is 2.19 bits per heavy atom. The molecule has 0 aliphatic carbocycles. The van der Waals surface area contributed by atoms with Gasteiger partial charge >= 0.3 is 5.97 Å². The lowest BCUT2D eigenvalue weighted by atomic mass is 10.1. The van der Waals surface area contributed by atoms with Crippen LogP contribution >= 0.6 is 11.3 Å². The molecule has 1 aromatic rings. The van der Waals surface area contributed by atoms with Gasteiger partial charge in [0, 0.05) is 11.6 Å². The molecule has 0 aromatic carbocycles. The summed E-state index contributed by atoms with van der Waals surface area (Å²) in [5, 5.41) is 12.2. The van der Waals surface area contributed by atoms with Crippen LogP contribution in [0, 0.1) is 5.92 Å². The largest absolute Gasteiger partial charge is 0.460 e. The van der Waals surface area contributed by atoms with Gasteiger partial charge in [0.05, 0.1) is 5.92 Å². The van der Waals surface area contributed by atoms with Crippen LogP contribution in [0.1, 0.15) is 38.8 Å². The minimum absolute atomic E-state index is 0.407. The summed E-state index contributed by atoms with van der Waals surface area (Å²) < 4.78 is 5.20. The van der Waals surface area contributed by atoms with Crippen LogP contribution < -0.4 is 0 Å². The number of thiazole rings is 1. The number of hydrogen-bond donors (Lipinski definition) is 1. The number of esters is 1. The van der Waals surface area contributed by atoms with Crippen molar-refractivity contribution in [2.45, 2.75) is 39.4 Å². The molecule has 2 unspecified atom stereocenters. The molecule has 1 rings (SSSR count). The minimum atomic E-state index is -0.894. The molecule has 0 saturated heterocycles. The van der Waals surface area contributed by atoms with Crippen molar-refractivity contribution in [2.75, 3.05) is 0 Å². The van der Waals surface area contributed by atoms with E-state index in [1.165, 1.54) is 11.3 Å². The second-order valence-corrected chi connectivity index (χ2v) is 5.56. The number of aliphatic hydroxyl groups is 1. The number of rotatable bonds is 3. The monoisotopic (exact) mass is 243 g/mol. The van der Waals surface area contributed by atoms with Gasteiger partial charge in [-0.05, 0) is 27.7 Å². The van der Waals surface area contributed by atoms with Crippen LogP contribution in [0.2, 0.25) is 0 Å². The van der Waals surface area contributed by atoms with Crippen LogP contribution in [0.25, 0.3) is 0 Å². The van der Waals surface area contributed by atoms with Gasteiger partial charge in [0.15, 0.2) is 0 Å². The highest BCUT2D eigenvalue weighted by Crippen LogP contribution is 2.25. The third kappa shape index (κ3) is 3.57. The van der Waals surface area contributed by atoms with Crippen LogP contribution in [0.3, 0.4) is 0 Å². The zero-order valence-electron chi connectivity index (χ0n) is 9.93. The smallest absolute Gasteiger partial charge is 0.312 e. The van der Waals surface area contributed by atoms with Gasteiger partial charge in [0.1, 0.15) is 16.7 Å². The molecule has 1 heterocycles. The van der Waals surface area contributed by atoms with Gasteiger partial charge in [0.25, 0.3) is 0 Å². The first-order chi connectivity index (χ1) is 7.31. The molecule has 0 fully saturated rings. The summed E-state index contributed by atoms with van der Waals surface area (Å²) in [4.78, 5) is 15.7. The quantitative estimate of drug-likeness (QED) is 0.826. The Hall–Kier alpha value is -0.940. The molecular formula is C11H17NO3S. The van der Waals surface area contributed by atoms with Crippen molar-refractivity contribution in [1.29, 1.82) is 0 Å². The number of carbonyl (C=O) groups is 1. The van der Waals surface area contributed by atoms with Gasteiger partial charge in [-0.25, -0.2) is 4.98 Å². The summed E-state index contributed by atoms with van der Waals surface area (Å²) in [6, 6.07) is 0. The molecule has 0 bridgehead atoms. The van der Waals surface area contributed by atoms with E-state index in [0.29, 0.717) is 5.01 Å².